The number of amides is 2. The second-order valence-corrected chi connectivity index (χ2v) is 14.4. The largest absolute Gasteiger partial charge is 0.487 e. The molecule has 2 amide bonds. The summed E-state index contributed by atoms with van der Waals surface area (Å²) < 4.78 is 40.0. The average Bonchev–Trinajstić information content (AvgIpc) is 3.52. The lowest BCUT2D eigenvalue weighted by Gasteiger charge is -2.56. The highest BCUT2D eigenvalue weighted by Crippen LogP contribution is 2.59. The summed E-state index contributed by atoms with van der Waals surface area (Å²) >= 11 is 6.75. The lowest BCUT2D eigenvalue weighted by atomic mass is 9.49. The second kappa shape index (κ2) is 10.9. The minimum atomic E-state index is -2.79. The van der Waals surface area contributed by atoms with E-state index in [4.69, 9.17) is 21.1 Å². The third-order valence-electron chi connectivity index (χ3n) is 11.2. The Kier molecular flexibility index (Phi) is 7.37. The maximum atomic E-state index is 14.8. The van der Waals surface area contributed by atoms with Gasteiger partial charge in [0.15, 0.2) is 0 Å². The van der Waals surface area contributed by atoms with Gasteiger partial charge >= 0.3 is 5.97 Å². The van der Waals surface area contributed by atoms with Gasteiger partial charge in [0.05, 0.1) is 24.5 Å². The smallest absolute Gasteiger partial charge is 0.312 e. The summed E-state index contributed by atoms with van der Waals surface area (Å²) in [7, 11) is 2.77. The molecule has 3 atom stereocenters. The van der Waals surface area contributed by atoms with Crippen LogP contribution in [0.4, 0.5) is 8.78 Å². The van der Waals surface area contributed by atoms with Crippen molar-refractivity contribution in [1.29, 1.82) is 0 Å². The first kappa shape index (κ1) is 30.4. The maximum absolute atomic E-state index is 14.8. The highest BCUT2D eigenvalue weighted by Gasteiger charge is 2.61. The molecule has 1 spiro atoms. The van der Waals surface area contributed by atoms with Gasteiger partial charge in [-0.2, -0.15) is 0 Å². The fraction of sp³-hybridized carbons (Fsp3) is 0.656. The Labute approximate surface area is 265 Å². The normalized spacial score (nSPS) is 29.5. The third-order valence-corrected chi connectivity index (χ3v) is 11.5. The number of likely N-dealkylation sites (tertiary alicyclic amines) is 1. The minimum Gasteiger partial charge on any atom is -0.487 e. The molecule has 1 aromatic heterocycles. The number of hydrogen-bond donors (Lipinski definition) is 0. The van der Waals surface area contributed by atoms with E-state index in [2.05, 4.69) is 10.3 Å². The molecule has 0 N–H and O–H groups in total. The van der Waals surface area contributed by atoms with E-state index in [1.165, 1.54) is 14.2 Å². The van der Waals surface area contributed by atoms with Crippen LogP contribution in [0.5, 0.6) is 5.75 Å². The van der Waals surface area contributed by atoms with Crippen molar-refractivity contribution in [3.05, 3.63) is 39.7 Å². The molecule has 0 unspecified atom stereocenters. The number of ether oxygens (including phenoxy) is 2. The van der Waals surface area contributed by atoms with Crippen molar-refractivity contribution in [3.63, 3.8) is 0 Å². The van der Waals surface area contributed by atoms with Gasteiger partial charge in [-0.15, -0.1) is 5.10 Å². The molecule has 10 nitrogen and oxygen atoms in total. The maximum Gasteiger partial charge on any atom is 0.312 e. The Balaban J connectivity index is 1.27. The van der Waals surface area contributed by atoms with Gasteiger partial charge in [-0.1, -0.05) is 16.8 Å². The van der Waals surface area contributed by atoms with Gasteiger partial charge in [-0.25, -0.2) is 13.5 Å². The Morgan fingerprint density at radius 1 is 1.22 bits per heavy atom. The van der Waals surface area contributed by atoms with Crippen molar-refractivity contribution in [2.75, 3.05) is 26.7 Å². The highest BCUT2D eigenvalue weighted by atomic mass is 35.5. The van der Waals surface area contributed by atoms with Crippen molar-refractivity contribution in [2.24, 2.45) is 35.6 Å². The first-order valence-electron chi connectivity index (χ1n) is 15.7. The van der Waals surface area contributed by atoms with E-state index >= 15 is 0 Å². The topological polar surface area (TPSA) is 107 Å². The first-order chi connectivity index (χ1) is 21.4. The zero-order valence-electron chi connectivity index (χ0n) is 25.7. The van der Waals surface area contributed by atoms with E-state index in [1.54, 1.807) is 12.1 Å². The summed E-state index contributed by atoms with van der Waals surface area (Å²) in [5.41, 5.74) is 0.209. The second-order valence-electron chi connectivity index (χ2n) is 14.0. The first-order valence-corrected chi connectivity index (χ1v) is 16.1. The minimum absolute atomic E-state index is 0.0116. The molecular formula is C32H38ClF2N5O5. The van der Waals surface area contributed by atoms with E-state index < -0.39 is 23.8 Å². The molecule has 5 fully saturated rings. The predicted molar refractivity (Wildman–Crippen MR) is 157 cm³/mol. The standard InChI is InChI=1S/C32H38ClF2N5O5/c1-31(30(43)44-3)12-17-10-18(11-17)26(31)29(42)40-9-6-19-20(33)4-5-23(45-15-21-27(28(34)35)38(2)37-36-21)25(19)22(40)14-39-16-32(7-8-32)13-24(39)41/h4-5,17-18,22,26,28H,6-16H2,1-3H3/t17-,18+,22-,26+,31+/m1/s1. The van der Waals surface area contributed by atoms with Gasteiger partial charge in [0.2, 0.25) is 11.8 Å². The average molecular weight is 646 g/mol. The van der Waals surface area contributed by atoms with Crippen molar-refractivity contribution < 1.29 is 32.6 Å². The Bertz CT molecular complexity index is 1560. The number of aryl methyl sites for hydroxylation is 1. The van der Waals surface area contributed by atoms with Crippen molar-refractivity contribution in [3.8, 4) is 5.75 Å². The van der Waals surface area contributed by atoms with E-state index in [0.29, 0.717) is 54.6 Å². The van der Waals surface area contributed by atoms with Gasteiger partial charge in [0.25, 0.3) is 6.43 Å². The van der Waals surface area contributed by atoms with Crippen LogP contribution in [-0.2, 0) is 39.2 Å². The number of carbonyl (C=O) groups is 3. The molecule has 13 heteroatoms. The number of hydrogen-bond acceptors (Lipinski definition) is 7. The molecule has 45 heavy (non-hydrogen) atoms. The summed E-state index contributed by atoms with van der Waals surface area (Å²) in [6.07, 6.45) is 2.55. The van der Waals surface area contributed by atoms with Gasteiger partial charge in [0.1, 0.15) is 23.7 Å². The molecule has 4 aliphatic carbocycles. The number of nitrogens with zero attached hydrogens (tertiary/aromatic N) is 5. The van der Waals surface area contributed by atoms with Crippen LogP contribution < -0.4 is 4.74 Å². The molecule has 2 aliphatic heterocycles. The van der Waals surface area contributed by atoms with E-state index in [-0.39, 0.29) is 53.7 Å². The summed E-state index contributed by atoms with van der Waals surface area (Å²) in [5.74, 6) is -0.147. The van der Waals surface area contributed by atoms with Crippen LogP contribution in [0.15, 0.2) is 12.1 Å². The summed E-state index contributed by atoms with van der Waals surface area (Å²) in [6, 6.07) is 2.78. The van der Waals surface area contributed by atoms with Crippen molar-refractivity contribution in [1.82, 2.24) is 24.8 Å². The zero-order valence-corrected chi connectivity index (χ0v) is 26.5. The number of rotatable bonds is 8. The summed E-state index contributed by atoms with van der Waals surface area (Å²) in [6.45, 7) is 2.82. The Hall–Kier alpha value is -3.28. The van der Waals surface area contributed by atoms with Crippen LogP contribution in [0.2, 0.25) is 5.02 Å². The van der Waals surface area contributed by atoms with Crippen molar-refractivity contribution >= 4 is 29.4 Å². The number of aromatic nitrogens is 3. The van der Waals surface area contributed by atoms with Crippen LogP contribution in [-0.4, -0.2) is 69.3 Å². The van der Waals surface area contributed by atoms with Gasteiger partial charge in [0, 0.05) is 43.7 Å². The monoisotopic (exact) mass is 645 g/mol. The molecule has 3 heterocycles. The fourth-order valence-corrected chi connectivity index (χ4v) is 8.98. The number of methoxy groups -OCH3 is 1. The number of halogens is 3. The van der Waals surface area contributed by atoms with Crippen LogP contribution in [0.1, 0.15) is 80.4 Å². The molecule has 1 aromatic carbocycles. The molecule has 4 saturated carbocycles. The molecule has 8 rings (SSSR count). The van der Waals surface area contributed by atoms with Crippen molar-refractivity contribution in [2.45, 2.75) is 70.9 Å². The molecule has 1 saturated heterocycles. The molecular weight excluding hydrogens is 608 g/mol. The van der Waals surface area contributed by atoms with Crippen LogP contribution >= 0.6 is 11.6 Å². The van der Waals surface area contributed by atoms with Crippen LogP contribution in [0.25, 0.3) is 0 Å². The van der Waals surface area contributed by atoms with Gasteiger partial charge < -0.3 is 19.3 Å². The van der Waals surface area contributed by atoms with E-state index in [9.17, 15) is 23.2 Å². The number of carbonyl (C=O) groups excluding carboxylic acids is 3. The molecule has 0 radical (unpaired) electrons. The van der Waals surface area contributed by atoms with E-state index in [0.717, 1.165) is 35.9 Å². The molecule has 2 aromatic rings. The Morgan fingerprint density at radius 2 is 1.98 bits per heavy atom. The summed E-state index contributed by atoms with van der Waals surface area (Å²) in [4.78, 5) is 44.9. The predicted octanol–water partition coefficient (Wildman–Crippen LogP) is 4.65. The third kappa shape index (κ3) is 4.98. The summed E-state index contributed by atoms with van der Waals surface area (Å²) in [5, 5.41) is 8.15. The van der Waals surface area contributed by atoms with Gasteiger partial charge in [-0.3, -0.25) is 14.4 Å². The SMILES string of the molecule is COC(=O)[C@@]1(C)C[C@H]2C[C@H](C2)[C@H]1C(=O)N1CCc2c(Cl)ccc(OCc3nnn(C)c3C(F)F)c2[C@H]1CN1CC2(CC2)CC1=O. The van der Waals surface area contributed by atoms with Gasteiger partial charge in [-0.05, 0) is 80.4 Å². The number of fused-ring (bicyclic) bond motifs is 3. The number of esters is 1. The quantitative estimate of drug-likeness (QED) is 0.385. The number of benzene rings is 1. The van der Waals surface area contributed by atoms with Crippen LogP contribution in [0.3, 0.4) is 0 Å². The molecule has 2 bridgehead atoms. The van der Waals surface area contributed by atoms with Crippen LogP contribution in [0, 0.1) is 28.6 Å². The highest BCUT2D eigenvalue weighted by molar-refractivity contribution is 6.31. The number of alkyl halides is 2. The lowest BCUT2D eigenvalue weighted by molar-refractivity contribution is -0.179. The molecule has 6 aliphatic rings. The fourth-order valence-electron chi connectivity index (χ4n) is 8.72. The zero-order chi connectivity index (χ0) is 31.8. The van der Waals surface area contributed by atoms with E-state index in [1.807, 2.05) is 16.7 Å². The Morgan fingerprint density at radius 3 is 2.64 bits per heavy atom. The molecule has 242 valence electrons. The lowest BCUT2D eigenvalue weighted by Crippen LogP contribution is -2.59.